The smallest absolute Gasteiger partial charge is 0.130 e. The Kier molecular flexibility index (Phi) is 4.77. The zero-order valence-corrected chi connectivity index (χ0v) is 11.3. The van der Waals surface area contributed by atoms with Gasteiger partial charge in [0.15, 0.2) is 0 Å². The highest BCUT2D eigenvalue weighted by molar-refractivity contribution is 7.09. The van der Waals surface area contributed by atoms with E-state index in [2.05, 4.69) is 4.98 Å². The van der Waals surface area contributed by atoms with Gasteiger partial charge in [0.05, 0.1) is 17.5 Å². The fourth-order valence-electron chi connectivity index (χ4n) is 2.18. The first-order chi connectivity index (χ1) is 9.69. The molecule has 0 bridgehead atoms. The molecule has 0 spiro atoms. The summed E-state index contributed by atoms with van der Waals surface area (Å²) in [6.45, 7) is -0.170. The average Bonchev–Trinajstić information content (AvgIpc) is 2.95. The predicted octanol–water partition coefficient (Wildman–Crippen LogP) is 3.19. The summed E-state index contributed by atoms with van der Waals surface area (Å²) >= 11 is 1.30. The van der Waals surface area contributed by atoms with Gasteiger partial charge in [-0.05, 0) is 18.6 Å². The number of rotatable bonds is 5. The lowest BCUT2D eigenvalue weighted by molar-refractivity contribution is 0.271. The van der Waals surface area contributed by atoms with Crippen LogP contribution in [0.5, 0.6) is 0 Å². The third-order valence-electron chi connectivity index (χ3n) is 3.11. The molecule has 0 amide bonds. The molecule has 0 radical (unpaired) electrons. The van der Waals surface area contributed by atoms with Crippen LogP contribution in [0.15, 0.2) is 29.9 Å². The van der Waals surface area contributed by atoms with Gasteiger partial charge >= 0.3 is 0 Å². The second-order valence-corrected chi connectivity index (χ2v) is 5.18. The number of hydrogen-bond acceptors (Lipinski definition) is 4. The van der Waals surface area contributed by atoms with Gasteiger partial charge in [0.1, 0.15) is 11.6 Å². The fraction of sp³-hybridized carbons (Fsp3) is 0.286. The molecule has 1 N–H and O–H groups in total. The van der Waals surface area contributed by atoms with Crippen LogP contribution in [-0.2, 0) is 0 Å². The summed E-state index contributed by atoms with van der Waals surface area (Å²) < 4.78 is 27.7. The zero-order valence-electron chi connectivity index (χ0n) is 10.5. The second-order valence-electron chi connectivity index (χ2n) is 4.26. The molecule has 20 heavy (non-hydrogen) atoms. The van der Waals surface area contributed by atoms with E-state index in [0.717, 1.165) is 17.0 Å². The largest absolute Gasteiger partial charge is 0.396 e. The number of nitrogens with zero attached hydrogens (tertiary/aromatic N) is 2. The summed E-state index contributed by atoms with van der Waals surface area (Å²) in [7, 11) is 0. The third kappa shape index (κ3) is 2.84. The number of aromatic nitrogens is 1. The molecule has 0 fully saturated rings. The Labute approximate surface area is 119 Å². The molecule has 2 aromatic rings. The summed E-state index contributed by atoms with van der Waals surface area (Å²) in [6.07, 6.45) is 1.81. The standard InChI is InChI=1S/C14H12F2N2OS/c15-11-2-1-3-12(16)14(11)10(6-17)9(4-5-19)13-7-18-8-20-13/h1-3,7-10,19H,4-5H2/t9-,10+/m1/s1. The molecule has 1 aromatic heterocycles. The maximum atomic E-state index is 13.9. The highest BCUT2D eigenvalue weighted by Gasteiger charge is 2.30. The van der Waals surface area contributed by atoms with E-state index in [9.17, 15) is 14.0 Å². The molecule has 1 aromatic carbocycles. The van der Waals surface area contributed by atoms with Crippen molar-refractivity contribution in [1.29, 1.82) is 5.26 Å². The molecular formula is C14H12F2N2OS. The lowest BCUT2D eigenvalue weighted by Crippen LogP contribution is -2.14. The minimum Gasteiger partial charge on any atom is -0.396 e. The van der Waals surface area contributed by atoms with E-state index in [4.69, 9.17) is 5.11 Å². The Morgan fingerprint density at radius 3 is 2.55 bits per heavy atom. The minimum absolute atomic E-state index is 0.170. The van der Waals surface area contributed by atoms with Gasteiger partial charge < -0.3 is 5.11 Å². The maximum absolute atomic E-state index is 13.9. The van der Waals surface area contributed by atoms with Crippen molar-refractivity contribution in [3.8, 4) is 6.07 Å². The molecule has 6 heteroatoms. The SMILES string of the molecule is N#C[C@H](c1c(F)cccc1F)[C@@H](CCO)c1cncs1. The van der Waals surface area contributed by atoms with Crippen LogP contribution in [0.4, 0.5) is 8.78 Å². The van der Waals surface area contributed by atoms with E-state index in [-0.39, 0.29) is 18.6 Å². The molecule has 0 unspecified atom stereocenters. The minimum atomic E-state index is -0.996. The highest BCUT2D eigenvalue weighted by atomic mass is 32.1. The van der Waals surface area contributed by atoms with E-state index >= 15 is 0 Å². The molecule has 104 valence electrons. The zero-order chi connectivity index (χ0) is 14.5. The van der Waals surface area contributed by atoms with Crippen LogP contribution in [0.2, 0.25) is 0 Å². The molecular weight excluding hydrogens is 282 g/mol. The molecule has 0 aliphatic carbocycles. The van der Waals surface area contributed by atoms with Gasteiger partial charge in [-0.1, -0.05) is 6.07 Å². The number of aliphatic hydroxyl groups is 1. The predicted molar refractivity (Wildman–Crippen MR) is 71.3 cm³/mol. The summed E-state index contributed by atoms with van der Waals surface area (Å²) in [6, 6.07) is 5.48. The molecule has 0 saturated carbocycles. The Bertz CT molecular complexity index is 590. The Morgan fingerprint density at radius 2 is 2.05 bits per heavy atom. The number of thiazole rings is 1. The summed E-state index contributed by atoms with van der Waals surface area (Å²) in [5.74, 6) is -2.97. The fourth-order valence-corrected chi connectivity index (χ4v) is 2.98. The van der Waals surface area contributed by atoms with E-state index in [1.807, 2.05) is 6.07 Å². The van der Waals surface area contributed by atoms with E-state index in [1.54, 1.807) is 11.7 Å². The van der Waals surface area contributed by atoms with Crippen LogP contribution < -0.4 is 0 Å². The quantitative estimate of drug-likeness (QED) is 0.921. The van der Waals surface area contributed by atoms with Crippen LogP contribution in [0.3, 0.4) is 0 Å². The number of hydrogen-bond donors (Lipinski definition) is 1. The molecule has 0 saturated heterocycles. The normalized spacial score (nSPS) is 13.7. The van der Waals surface area contributed by atoms with Crippen molar-refractivity contribution in [2.45, 2.75) is 18.3 Å². The first kappa shape index (κ1) is 14.6. The Balaban J connectivity index is 2.47. The third-order valence-corrected chi connectivity index (χ3v) is 4.02. The average molecular weight is 294 g/mol. The van der Waals surface area contributed by atoms with Gasteiger partial charge in [0, 0.05) is 29.2 Å². The number of aliphatic hydroxyl groups excluding tert-OH is 1. The van der Waals surface area contributed by atoms with Crippen LogP contribution in [0.1, 0.15) is 28.7 Å². The Hall–Kier alpha value is -1.84. The summed E-state index contributed by atoms with van der Waals surface area (Å²) in [5, 5.41) is 18.5. The number of benzene rings is 1. The first-order valence-electron chi connectivity index (χ1n) is 6.01. The molecule has 2 atom stereocenters. The van der Waals surface area contributed by atoms with Crippen molar-refractivity contribution in [3.63, 3.8) is 0 Å². The second kappa shape index (κ2) is 6.55. The van der Waals surface area contributed by atoms with Crippen molar-refractivity contribution >= 4 is 11.3 Å². The van der Waals surface area contributed by atoms with Crippen LogP contribution in [0.25, 0.3) is 0 Å². The van der Waals surface area contributed by atoms with Crippen LogP contribution >= 0.6 is 11.3 Å². The van der Waals surface area contributed by atoms with E-state index < -0.39 is 23.5 Å². The molecule has 0 aliphatic heterocycles. The summed E-state index contributed by atoms with van der Waals surface area (Å²) in [4.78, 5) is 4.65. The highest BCUT2D eigenvalue weighted by Crippen LogP contribution is 2.38. The van der Waals surface area contributed by atoms with Crippen LogP contribution in [0, 0.1) is 23.0 Å². The van der Waals surface area contributed by atoms with Gasteiger partial charge in [-0.2, -0.15) is 5.26 Å². The summed E-state index contributed by atoms with van der Waals surface area (Å²) in [5.41, 5.74) is 1.34. The van der Waals surface area contributed by atoms with Crippen molar-refractivity contribution < 1.29 is 13.9 Å². The van der Waals surface area contributed by atoms with E-state index in [0.29, 0.717) is 0 Å². The van der Waals surface area contributed by atoms with Gasteiger partial charge in [0.25, 0.3) is 0 Å². The molecule has 0 aliphatic rings. The van der Waals surface area contributed by atoms with Gasteiger partial charge in [-0.25, -0.2) is 8.78 Å². The molecule has 1 heterocycles. The van der Waals surface area contributed by atoms with Crippen molar-refractivity contribution in [1.82, 2.24) is 4.98 Å². The maximum Gasteiger partial charge on any atom is 0.130 e. The van der Waals surface area contributed by atoms with E-state index in [1.165, 1.54) is 17.4 Å². The molecule has 3 nitrogen and oxygen atoms in total. The van der Waals surface area contributed by atoms with Gasteiger partial charge in [-0.3, -0.25) is 4.98 Å². The van der Waals surface area contributed by atoms with Crippen LogP contribution in [-0.4, -0.2) is 16.7 Å². The van der Waals surface area contributed by atoms with Gasteiger partial charge in [0.2, 0.25) is 0 Å². The van der Waals surface area contributed by atoms with Gasteiger partial charge in [-0.15, -0.1) is 11.3 Å². The topological polar surface area (TPSA) is 56.9 Å². The van der Waals surface area contributed by atoms with Crippen molar-refractivity contribution in [2.24, 2.45) is 0 Å². The molecule has 2 rings (SSSR count). The number of nitriles is 1. The van der Waals surface area contributed by atoms with Crippen molar-refractivity contribution in [3.05, 3.63) is 52.0 Å². The van der Waals surface area contributed by atoms with Crippen molar-refractivity contribution in [2.75, 3.05) is 6.61 Å². The first-order valence-corrected chi connectivity index (χ1v) is 6.89. The lowest BCUT2D eigenvalue weighted by atomic mass is 9.83. The monoisotopic (exact) mass is 294 g/mol. The Morgan fingerprint density at radius 1 is 1.35 bits per heavy atom. The number of halogens is 2. The lowest BCUT2D eigenvalue weighted by Gasteiger charge is -2.21.